The number of halogens is 1. The van der Waals surface area contributed by atoms with Crippen molar-refractivity contribution in [2.24, 2.45) is 0 Å². The molecule has 0 spiro atoms. The molecule has 0 saturated heterocycles. The largest absolute Gasteiger partial charge is 0.490 e. The van der Waals surface area contributed by atoms with Crippen molar-refractivity contribution in [2.75, 3.05) is 13.2 Å². The summed E-state index contributed by atoms with van der Waals surface area (Å²) in [5.41, 5.74) is 1.52. The number of hydrogen-bond donors (Lipinski definition) is 1. The number of rotatable bonds is 8. The maximum Gasteiger partial charge on any atom is 0.335 e. The van der Waals surface area contributed by atoms with Gasteiger partial charge in [-0.1, -0.05) is 25.5 Å². The summed E-state index contributed by atoms with van der Waals surface area (Å²) in [7, 11) is 0. The van der Waals surface area contributed by atoms with Gasteiger partial charge in [-0.15, -0.1) is 0 Å². The zero-order valence-electron chi connectivity index (χ0n) is 12.9. The average Bonchev–Trinajstić information content (AvgIpc) is 2.54. The monoisotopic (exact) mass is 378 g/mol. The first-order chi connectivity index (χ1) is 11.1. The van der Waals surface area contributed by atoms with Crippen molar-refractivity contribution in [3.8, 4) is 11.5 Å². The Hall–Kier alpha value is -2.01. The molecule has 23 heavy (non-hydrogen) atoms. The van der Waals surface area contributed by atoms with Crippen molar-refractivity contribution in [2.45, 2.75) is 19.8 Å². The third-order valence-corrected chi connectivity index (χ3v) is 3.87. The van der Waals surface area contributed by atoms with Gasteiger partial charge in [0.2, 0.25) is 0 Å². The van der Waals surface area contributed by atoms with Gasteiger partial charge in [-0.05, 0) is 58.2 Å². The van der Waals surface area contributed by atoms with E-state index in [-0.39, 0.29) is 5.56 Å². The van der Waals surface area contributed by atoms with Gasteiger partial charge in [0.15, 0.2) is 0 Å². The van der Waals surface area contributed by atoms with Crippen LogP contribution in [0.15, 0.2) is 46.9 Å². The molecule has 0 aliphatic carbocycles. The summed E-state index contributed by atoms with van der Waals surface area (Å²) >= 11 is 3.31. The molecular weight excluding hydrogens is 360 g/mol. The highest BCUT2D eigenvalue weighted by atomic mass is 79.9. The topological polar surface area (TPSA) is 55.8 Å². The number of ether oxygens (including phenoxy) is 2. The molecule has 0 aliphatic heterocycles. The van der Waals surface area contributed by atoms with Crippen molar-refractivity contribution in [3.05, 3.63) is 58.1 Å². The SMILES string of the molecule is CCCc1ccc(OCCOc2ccc(C(=O)O)cc2Br)cc1. The zero-order valence-corrected chi connectivity index (χ0v) is 14.5. The van der Waals surface area contributed by atoms with Gasteiger partial charge >= 0.3 is 5.97 Å². The molecule has 2 aromatic rings. The zero-order chi connectivity index (χ0) is 16.7. The second-order valence-corrected chi connectivity index (χ2v) is 5.90. The maximum atomic E-state index is 10.9. The Bertz CT molecular complexity index is 653. The number of carboxylic acids is 1. The summed E-state index contributed by atoms with van der Waals surface area (Å²) in [5, 5.41) is 8.91. The maximum absolute atomic E-state index is 10.9. The van der Waals surface area contributed by atoms with Crippen LogP contribution in [0.25, 0.3) is 0 Å². The molecule has 5 heteroatoms. The van der Waals surface area contributed by atoms with Gasteiger partial charge in [-0.25, -0.2) is 4.79 Å². The first kappa shape index (κ1) is 17.3. The van der Waals surface area contributed by atoms with Crippen LogP contribution in [0.1, 0.15) is 29.3 Å². The lowest BCUT2D eigenvalue weighted by Crippen LogP contribution is -2.09. The molecule has 122 valence electrons. The summed E-state index contributed by atoms with van der Waals surface area (Å²) < 4.78 is 11.8. The number of aromatic carboxylic acids is 1. The fourth-order valence-corrected chi connectivity index (χ4v) is 2.60. The second kappa shape index (κ2) is 8.58. The summed E-state index contributed by atoms with van der Waals surface area (Å²) in [5.74, 6) is 0.442. The summed E-state index contributed by atoms with van der Waals surface area (Å²) in [4.78, 5) is 10.9. The Morgan fingerprint density at radius 3 is 2.39 bits per heavy atom. The van der Waals surface area contributed by atoms with Crippen LogP contribution < -0.4 is 9.47 Å². The highest BCUT2D eigenvalue weighted by Gasteiger charge is 2.07. The molecule has 0 bridgehead atoms. The first-order valence-electron chi connectivity index (χ1n) is 7.47. The van der Waals surface area contributed by atoms with Gasteiger partial charge in [-0.2, -0.15) is 0 Å². The second-order valence-electron chi connectivity index (χ2n) is 5.04. The van der Waals surface area contributed by atoms with Crippen LogP contribution in [0.5, 0.6) is 11.5 Å². The number of aryl methyl sites for hydroxylation is 1. The normalized spacial score (nSPS) is 10.3. The van der Waals surface area contributed by atoms with Crippen LogP contribution in [-0.4, -0.2) is 24.3 Å². The van der Waals surface area contributed by atoms with Crippen molar-refractivity contribution < 1.29 is 19.4 Å². The highest BCUT2D eigenvalue weighted by Crippen LogP contribution is 2.26. The Morgan fingerprint density at radius 1 is 1.09 bits per heavy atom. The summed E-state index contributed by atoms with van der Waals surface area (Å²) in [6.07, 6.45) is 2.20. The quantitative estimate of drug-likeness (QED) is 0.684. The molecule has 0 radical (unpaired) electrons. The number of carbonyl (C=O) groups is 1. The lowest BCUT2D eigenvalue weighted by atomic mass is 10.1. The van der Waals surface area contributed by atoms with Crippen LogP contribution in [0.2, 0.25) is 0 Å². The Morgan fingerprint density at radius 2 is 1.78 bits per heavy atom. The summed E-state index contributed by atoms with van der Waals surface area (Å²) in [6, 6.07) is 12.7. The van der Waals surface area contributed by atoms with Gasteiger partial charge in [-0.3, -0.25) is 0 Å². The predicted molar refractivity (Wildman–Crippen MR) is 92.5 cm³/mol. The molecule has 2 aromatic carbocycles. The molecule has 0 saturated carbocycles. The average molecular weight is 379 g/mol. The molecule has 1 N–H and O–H groups in total. The van der Waals surface area contributed by atoms with Crippen molar-refractivity contribution in [1.29, 1.82) is 0 Å². The standard InChI is InChI=1S/C18H19BrO4/c1-2-3-13-4-7-15(8-5-13)22-10-11-23-17-9-6-14(18(20)21)12-16(17)19/h4-9,12H,2-3,10-11H2,1H3,(H,20,21). The predicted octanol–water partition coefficient (Wildman–Crippen LogP) is 4.56. The molecule has 0 aromatic heterocycles. The molecule has 2 rings (SSSR count). The van der Waals surface area contributed by atoms with Crippen molar-refractivity contribution >= 4 is 21.9 Å². The number of benzene rings is 2. The molecule has 0 atom stereocenters. The third kappa shape index (κ3) is 5.28. The van der Waals surface area contributed by atoms with E-state index in [1.54, 1.807) is 6.07 Å². The molecule has 0 unspecified atom stereocenters. The van der Waals surface area contributed by atoms with E-state index in [0.29, 0.717) is 23.4 Å². The van der Waals surface area contributed by atoms with E-state index >= 15 is 0 Å². The van der Waals surface area contributed by atoms with Crippen LogP contribution in [-0.2, 0) is 6.42 Å². The van der Waals surface area contributed by atoms with E-state index in [1.807, 2.05) is 12.1 Å². The Balaban J connectivity index is 1.80. The van der Waals surface area contributed by atoms with E-state index in [1.165, 1.54) is 17.7 Å². The Kier molecular flexibility index (Phi) is 6.47. The van der Waals surface area contributed by atoms with Gasteiger partial charge in [0, 0.05) is 0 Å². The van der Waals surface area contributed by atoms with E-state index in [2.05, 4.69) is 35.0 Å². The molecule has 0 fully saturated rings. The lowest BCUT2D eigenvalue weighted by Gasteiger charge is -2.10. The highest BCUT2D eigenvalue weighted by molar-refractivity contribution is 9.10. The minimum Gasteiger partial charge on any atom is -0.490 e. The van der Waals surface area contributed by atoms with E-state index in [9.17, 15) is 4.79 Å². The Labute approximate surface area is 144 Å². The molecule has 0 aliphatic rings. The van der Waals surface area contributed by atoms with E-state index in [4.69, 9.17) is 14.6 Å². The van der Waals surface area contributed by atoms with Crippen molar-refractivity contribution in [3.63, 3.8) is 0 Å². The van der Waals surface area contributed by atoms with E-state index in [0.717, 1.165) is 18.6 Å². The van der Waals surface area contributed by atoms with Crippen LogP contribution in [0.3, 0.4) is 0 Å². The summed E-state index contributed by atoms with van der Waals surface area (Å²) in [6.45, 7) is 2.95. The van der Waals surface area contributed by atoms with Gasteiger partial charge in [0.25, 0.3) is 0 Å². The first-order valence-corrected chi connectivity index (χ1v) is 8.27. The minimum absolute atomic E-state index is 0.215. The lowest BCUT2D eigenvalue weighted by molar-refractivity contribution is 0.0696. The molecule has 0 amide bonds. The minimum atomic E-state index is -0.966. The van der Waals surface area contributed by atoms with Crippen LogP contribution in [0, 0.1) is 0 Å². The van der Waals surface area contributed by atoms with Gasteiger partial charge < -0.3 is 14.6 Å². The fourth-order valence-electron chi connectivity index (χ4n) is 2.10. The molecule has 0 heterocycles. The molecule has 4 nitrogen and oxygen atoms in total. The number of hydrogen-bond acceptors (Lipinski definition) is 3. The fraction of sp³-hybridized carbons (Fsp3) is 0.278. The third-order valence-electron chi connectivity index (χ3n) is 3.25. The van der Waals surface area contributed by atoms with Crippen LogP contribution >= 0.6 is 15.9 Å². The van der Waals surface area contributed by atoms with Gasteiger partial charge in [0.1, 0.15) is 24.7 Å². The van der Waals surface area contributed by atoms with E-state index < -0.39 is 5.97 Å². The smallest absolute Gasteiger partial charge is 0.335 e. The molecular formula is C18H19BrO4. The van der Waals surface area contributed by atoms with Crippen LogP contribution in [0.4, 0.5) is 0 Å². The van der Waals surface area contributed by atoms with Crippen molar-refractivity contribution in [1.82, 2.24) is 0 Å². The van der Waals surface area contributed by atoms with Gasteiger partial charge in [0.05, 0.1) is 10.0 Å². The number of carboxylic acid groups (broad SMARTS) is 1.